The van der Waals surface area contributed by atoms with Crippen molar-refractivity contribution in [3.63, 3.8) is 0 Å². The maximum atomic E-state index is 10.4. The first-order valence-corrected chi connectivity index (χ1v) is 6.02. The number of hydrogen-bond acceptors (Lipinski definition) is 2. The first kappa shape index (κ1) is 11.8. The molecule has 1 heterocycles. The zero-order valence-electron chi connectivity index (χ0n) is 9.80. The van der Waals surface area contributed by atoms with Crippen molar-refractivity contribution in [2.75, 3.05) is 24.5 Å². The number of piperidine rings is 1. The van der Waals surface area contributed by atoms with E-state index in [2.05, 4.69) is 22.3 Å². The second-order valence-corrected chi connectivity index (χ2v) is 4.45. The van der Waals surface area contributed by atoms with Crippen LogP contribution in [0.5, 0.6) is 0 Å². The number of carbonyl (C=O) groups is 1. The van der Waals surface area contributed by atoms with Gasteiger partial charge in [-0.05, 0) is 30.9 Å². The van der Waals surface area contributed by atoms with Crippen molar-refractivity contribution >= 4 is 11.8 Å². The van der Waals surface area contributed by atoms with Crippen LogP contribution in [0, 0.1) is 5.92 Å². The Morgan fingerprint density at radius 1 is 1.29 bits per heavy atom. The molecule has 17 heavy (non-hydrogen) atoms. The van der Waals surface area contributed by atoms with Crippen molar-refractivity contribution in [3.05, 3.63) is 30.3 Å². The maximum absolute atomic E-state index is 10.4. The fraction of sp³-hybridized carbons (Fsp3) is 0.462. The van der Waals surface area contributed by atoms with E-state index in [4.69, 9.17) is 5.11 Å². The van der Waals surface area contributed by atoms with E-state index in [0.29, 0.717) is 12.5 Å². The highest BCUT2D eigenvalue weighted by molar-refractivity contribution is 5.64. The highest BCUT2D eigenvalue weighted by Crippen LogP contribution is 2.22. The number of nitrogens with one attached hydrogen (secondary N) is 1. The van der Waals surface area contributed by atoms with Crippen LogP contribution >= 0.6 is 0 Å². The molecule has 2 rings (SSSR count). The molecule has 0 aromatic heterocycles. The summed E-state index contributed by atoms with van der Waals surface area (Å²) in [5, 5.41) is 11.0. The number of benzene rings is 1. The molecule has 1 fully saturated rings. The lowest BCUT2D eigenvalue weighted by molar-refractivity contribution is 0.191. The Bertz CT molecular complexity index is 359. The molecule has 1 amide bonds. The van der Waals surface area contributed by atoms with E-state index in [-0.39, 0.29) is 0 Å². The molecular formula is C13H18N2O2. The summed E-state index contributed by atoms with van der Waals surface area (Å²) in [5.41, 5.74) is 1.26. The largest absolute Gasteiger partial charge is 0.465 e. The maximum Gasteiger partial charge on any atom is 0.404 e. The van der Waals surface area contributed by atoms with E-state index in [9.17, 15) is 4.79 Å². The minimum atomic E-state index is -0.921. The van der Waals surface area contributed by atoms with Crippen LogP contribution in [-0.4, -0.2) is 30.8 Å². The molecule has 0 atom stereocenters. The zero-order valence-corrected chi connectivity index (χ0v) is 9.80. The quantitative estimate of drug-likeness (QED) is 0.842. The number of hydrogen-bond donors (Lipinski definition) is 2. The molecule has 1 aliphatic heterocycles. The predicted molar refractivity (Wildman–Crippen MR) is 67.4 cm³/mol. The normalized spacial score (nSPS) is 16.8. The Balaban J connectivity index is 1.80. The van der Waals surface area contributed by atoms with Gasteiger partial charge in [-0.2, -0.15) is 0 Å². The molecular weight excluding hydrogens is 216 g/mol. The SMILES string of the molecule is O=C(O)NCC1CCN(c2ccccc2)CC1. The van der Waals surface area contributed by atoms with Crippen molar-refractivity contribution in [3.8, 4) is 0 Å². The summed E-state index contributed by atoms with van der Waals surface area (Å²) in [7, 11) is 0. The van der Waals surface area contributed by atoms with Gasteiger partial charge in [0.15, 0.2) is 0 Å². The highest BCUT2D eigenvalue weighted by atomic mass is 16.4. The van der Waals surface area contributed by atoms with Crippen LogP contribution in [0.4, 0.5) is 10.5 Å². The van der Waals surface area contributed by atoms with E-state index >= 15 is 0 Å². The first-order valence-electron chi connectivity index (χ1n) is 6.02. The number of anilines is 1. The van der Waals surface area contributed by atoms with Crippen molar-refractivity contribution < 1.29 is 9.90 Å². The summed E-state index contributed by atoms with van der Waals surface area (Å²) in [6.45, 7) is 2.60. The van der Waals surface area contributed by atoms with E-state index in [1.165, 1.54) is 5.69 Å². The van der Waals surface area contributed by atoms with Crippen LogP contribution in [0.25, 0.3) is 0 Å². The van der Waals surface area contributed by atoms with Crippen molar-refractivity contribution in [1.29, 1.82) is 0 Å². The van der Waals surface area contributed by atoms with Crippen molar-refractivity contribution in [1.82, 2.24) is 5.32 Å². The second-order valence-electron chi connectivity index (χ2n) is 4.45. The van der Waals surface area contributed by atoms with Crippen LogP contribution < -0.4 is 10.2 Å². The van der Waals surface area contributed by atoms with E-state index in [1.54, 1.807) is 0 Å². The van der Waals surface area contributed by atoms with Gasteiger partial charge in [0.1, 0.15) is 0 Å². The first-order chi connectivity index (χ1) is 8.25. The molecule has 0 radical (unpaired) electrons. The topological polar surface area (TPSA) is 52.6 Å². The Labute approximate surface area is 101 Å². The van der Waals surface area contributed by atoms with Crippen LogP contribution in [0.2, 0.25) is 0 Å². The number of amides is 1. The number of carboxylic acid groups (broad SMARTS) is 1. The van der Waals surface area contributed by atoms with Crippen LogP contribution in [-0.2, 0) is 0 Å². The van der Waals surface area contributed by atoms with Gasteiger partial charge < -0.3 is 15.3 Å². The summed E-state index contributed by atoms with van der Waals surface area (Å²) < 4.78 is 0. The van der Waals surface area contributed by atoms with Gasteiger partial charge in [-0.3, -0.25) is 0 Å². The lowest BCUT2D eigenvalue weighted by atomic mass is 9.96. The standard InChI is InChI=1S/C13H18N2O2/c16-13(17)14-10-11-6-8-15(9-7-11)12-4-2-1-3-5-12/h1-5,11,14H,6-10H2,(H,16,17). The summed E-state index contributed by atoms with van der Waals surface area (Å²) in [6, 6.07) is 10.4. The predicted octanol–water partition coefficient (Wildman–Crippen LogP) is 2.17. The van der Waals surface area contributed by atoms with Crippen LogP contribution in [0.15, 0.2) is 30.3 Å². The second kappa shape index (κ2) is 5.57. The smallest absolute Gasteiger partial charge is 0.404 e. The molecule has 0 unspecified atom stereocenters. The third kappa shape index (κ3) is 3.37. The van der Waals surface area contributed by atoms with Gasteiger partial charge in [0.25, 0.3) is 0 Å². The Kier molecular flexibility index (Phi) is 3.85. The molecule has 4 heteroatoms. The summed E-state index contributed by atoms with van der Waals surface area (Å²) in [5.74, 6) is 0.478. The Hall–Kier alpha value is -1.71. The molecule has 1 saturated heterocycles. The molecule has 0 bridgehead atoms. The Morgan fingerprint density at radius 2 is 1.94 bits per heavy atom. The molecule has 0 aliphatic carbocycles. The van der Waals surface area contributed by atoms with E-state index in [1.807, 2.05) is 18.2 Å². The molecule has 1 aromatic carbocycles. The zero-order chi connectivity index (χ0) is 12.1. The summed E-state index contributed by atoms with van der Waals surface area (Å²) in [4.78, 5) is 12.8. The average molecular weight is 234 g/mol. The van der Waals surface area contributed by atoms with E-state index in [0.717, 1.165) is 25.9 Å². The van der Waals surface area contributed by atoms with E-state index < -0.39 is 6.09 Å². The number of para-hydroxylation sites is 1. The Morgan fingerprint density at radius 3 is 2.53 bits per heavy atom. The molecule has 4 nitrogen and oxygen atoms in total. The van der Waals surface area contributed by atoms with Crippen LogP contribution in [0.3, 0.4) is 0 Å². The van der Waals surface area contributed by atoms with Gasteiger partial charge in [0.2, 0.25) is 0 Å². The van der Waals surface area contributed by atoms with Gasteiger partial charge in [-0.15, -0.1) is 0 Å². The van der Waals surface area contributed by atoms with Crippen LogP contribution in [0.1, 0.15) is 12.8 Å². The molecule has 0 spiro atoms. The van der Waals surface area contributed by atoms with Gasteiger partial charge in [0.05, 0.1) is 0 Å². The number of nitrogens with zero attached hydrogens (tertiary/aromatic N) is 1. The van der Waals surface area contributed by atoms with Crippen molar-refractivity contribution in [2.45, 2.75) is 12.8 Å². The highest BCUT2D eigenvalue weighted by Gasteiger charge is 2.19. The summed E-state index contributed by atoms with van der Waals surface area (Å²) >= 11 is 0. The third-order valence-corrected chi connectivity index (χ3v) is 3.28. The van der Waals surface area contributed by atoms with Crippen molar-refractivity contribution in [2.24, 2.45) is 5.92 Å². The lowest BCUT2D eigenvalue weighted by Gasteiger charge is -2.33. The van der Waals surface area contributed by atoms with Gasteiger partial charge in [-0.1, -0.05) is 18.2 Å². The molecule has 2 N–H and O–H groups in total. The van der Waals surface area contributed by atoms with Gasteiger partial charge in [-0.25, -0.2) is 4.79 Å². The van der Waals surface area contributed by atoms with Gasteiger partial charge in [0, 0.05) is 25.3 Å². The number of rotatable bonds is 3. The minimum absolute atomic E-state index is 0.478. The molecule has 1 aliphatic rings. The monoisotopic (exact) mass is 234 g/mol. The molecule has 92 valence electrons. The summed E-state index contributed by atoms with van der Waals surface area (Å²) in [6.07, 6.45) is 1.18. The van der Waals surface area contributed by atoms with Gasteiger partial charge >= 0.3 is 6.09 Å². The minimum Gasteiger partial charge on any atom is -0.465 e. The average Bonchev–Trinajstić information content (AvgIpc) is 2.38. The fourth-order valence-electron chi connectivity index (χ4n) is 2.27. The molecule has 1 aromatic rings. The molecule has 0 saturated carbocycles. The lowest BCUT2D eigenvalue weighted by Crippen LogP contribution is -2.38. The third-order valence-electron chi connectivity index (χ3n) is 3.28. The fourth-order valence-corrected chi connectivity index (χ4v) is 2.27.